The third-order valence-electron chi connectivity index (χ3n) is 5.28. The molecule has 0 aliphatic heterocycles. The number of ether oxygens (including phenoxy) is 1. The number of hydrogen-bond acceptors (Lipinski definition) is 8. The second-order valence-electron chi connectivity index (χ2n) is 7.77. The number of benzene rings is 4. The number of fused-ring (bicyclic) bond motifs is 1. The minimum Gasteiger partial charge on any atom is -0.450 e. The van der Waals surface area contributed by atoms with Crippen molar-refractivity contribution in [1.29, 1.82) is 0 Å². The molecule has 0 radical (unpaired) electrons. The third kappa shape index (κ3) is 5.36. The van der Waals surface area contributed by atoms with Crippen LogP contribution in [-0.4, -0.2) is 21.0 Å². The molecule has 182 valence electrons. The van der Waals surface area contributed by atoms with E-state index in [1.54, 1.807) is 30.5 Å². The number of aliphatic imine (C=N–C) groups is 1. The van der Waals surface area contributed by atoms with E-state index >= 15 is 0 Å². The summed E-state index contributed by atoms with van der Waals surface area (Å²) in [5.74, 6) is 0.756. The highest BCUT2D eigenvalue weighted by Gasteiger charge is 2.21. The van der Waals surface area contributed by atoms with E-state index in [9.17, 15) is 20.2 Å². The molecule has 0 spiro atoms. The van der Waals surface area contributed by atoms with Crippen LogP contribution in [0.3, 0.4) is 0 Å². The van der Waals surface area contributed by atoms with E-state index in [-0.39, 0.29) is 11.4 Å². The van der Waals surface area contributed by atoms with Crippen LogP contribution in [0.15, 0.2) is 98.8 Å². The van der Waals surface area contributed by atoms with Crippen molar-refractivity contribution in [3.8, 4) is 23.0 Å². The van der Waals surface area contributed by atoms with Crippen molar-refractivity contribution in [3.63, 3.8) is 0 Å². The Bertz CT molecular complexity index is 1660. The minimum atomic E-state index is -0.725. The van der Waals surface area contributed by atoms with E-state index in [1.165, 1.54) is 6.07 Å². The van der Waals surface area contributed by atoms with Crippen LogP contribution >= 0.6 is 15.9 Å². The van der Waals surface area contributed by atoms with Crippen LogP contribution in [0, 0.1) is 20.2 Å². The Morgan fingerprint density at radius 3 is 2.35 bits per heavy atom. The average Bonchev–Trinajstić information content (AvgIpc) is 3.32. The topological polar surface area (TPSA) is 134 Å². The maximum absolute atomic E-state index is 11.3. The van der Waals surface area contributed by atoms with Crippen LogP contribution in [0.5, 0.6) is 11.5 Å². The number of rotatable bonds is 7. The number of nitro benzene ring substituents is 2. The average molecular weight is 559 g/mol. The largest absolute Gasteiger partial charge is 0.450 e. The molecule has 5 rings (SSSR count). The Balaban J connectivity index is 1.31. The van der Waals surface area contributed by atoms with Crippen molar-refractivity contribution >= 4 is 50.3 Å². The summed E-state index contributed by atoms with van der Waals surface area (Å²) in [6, 6.07) is 23.1. The van der Waals surface area contributed by atoms with Gasteiger partial charge in [0, 0.05) is 22.3 Å². The lowest BCUT2D eigenvalue weighted by atomic mass is 10.2. The SMILES string of the molecule is O=[N+]([O-])c1ccc(Oc2ccc(C=Nc3ccc4oc(-c5ccc(Br)cc5)nc4c3)cc2)c([N+](=O)[O-])c1. The van der Waals surface area contributed by atoms with Crippen molar-refractivity contribution in [2.75, 3.05) is 0 Å². The first-order chi connectivity index (χ1) is 17.9. The van der Waals surface area contributed by atoms with Crippen LogP contribution < -0.4 is 4.74 Å². The molecule has 37 heavy (non-hydrogen) atoms. The summed E-state index contributed by atoms with van der Waals surface area (Å²) >= 11 is 3.41. The maximum Gasteiger partial charge on any atom is 0.318 e. The summed E-state index contributed by atoms with van der Waals surface area (Å²) < 4.78 is 12.4. The Morgan fingerprint density at radius 2 is 1.65 bits per heavy atom. The van der Waals surface area contributed by atoms with Crippen LogP contribution in [0.1, 0.15) is 5.56 Å². The van der Waals surface area contributed by atoms with Gasteiger partial charge in [0.15, 0.2) is 5.58 Å². The monoisotopic (exact) mass is 558 g/mol. The molecule has 0 atom stereocenters. The molecular weight excluding hydrogens is 544 g/mol. The molecule has 0 fully saturated rings. The van der Waals surface area contributed by atoms with E-state index in [0.29, 0.717) is 28.4 Å². The number of non-ortho nitro benzene ring substituents is 1. The highest BCUT2D eigenvalue weighted by Crippen LogP contribution is 2.34. The van der Waals surface area contributed by atoms with Crippen LogP contribution in [0.4, 0.5) is 17.1 Å². The molecular formula is C26H15BrN4O6. The molecule has 0 saturated carbocycles. The van der Waals surface area contributed by atoms with Gasteiger partial charge >= 0.3 is 5.69 Å². The summed E-state index contributed by atoms with van der Waals surface area (Å²) in [6.07, 6.45) is 1.66. The zero-order valence-electron chi connectivity index (χ0n) is 18.8. The zero-order chi connectivity index (χ0) is 25.9. The predicted octanol–water partition coefficient (Wildman–Crippen LogP) is 7.62. The van der Waals surface area contributed by atoms with Gasteiger partial charge in [0.05, 0.1) is 21.6 Å². The van der Waals surface area contributed by atoms with Crippen molar-refractivity contribution < 1.29 is 19.0 Å². The number of halogens is 1. The molecule has 11 heteroatoms. The zero-order valence-corrected chi connectivity index (χ0v) is 20.4. The number of oxazole rings is 1. The van der Waals surface area contributed by atoms with Gasteiger partial charge in [-0.05, 0) is 78.4 Å². The highest BCUT2D eigenvalue weighted by molar-refractivity contribution is 9.10. The molecule has 5 aromatic rings. The van der Waals surface area contributed by atoms with Gasteiger partial charge in [-0.1, -0.05) is 15.9 Å². The van der Waals surface area contributed by atoms with Crippen molar-refractivity contribution in [2.45, 2.75) is 0 Å². The van der Waals surface area contributed by atoms with Gasteiger partial charge < -0.3 is 9.15 Å². The lowest BCUT2D eigenvalue weighted by Gasteiger charge is -2.06. The van der Waals surface area contributed by atoms with E-state index in [0.717, 1.165) is 27.7 Å². The number of nitro groups is 2. The Labute approximate surface area is 217 Å². The first-order valence-electron chi connectivity index (χ1n) is 10.8. The minimum absolute atomic E-state index is 0.0968. The van der Waals surface area contributed by atoms with E-state index < -0.39 is 15.5 Å². The molecule has 0 N–H and O–H groups in total. The standard InChI is InChI=1S/C26H15BrN4O6/c27-18-5-3-17(4-6-18)26-29-22-13-19(7-11-24(22)37-26)28-15-16-1-9-21(10-2-16)36-25-12-8-20(30(32)33)14-23(25)31(34)35/h1-15H. The second-order valence-corrected chi connectivity index (χ2v) is 8.69. The molecule has 0 bridgehead atoms. The molecule has 0 aliphatic carbocycles. The normalized spacial score (nSPS) is 11.2. The van der Waals surface area contributed by atoms with Crippen LogP contribution in [-0.2, 0) is 0 Å². The summed E-state index contributed by atoms with van der Waals surface area (Å²) in [4.78, 5) is 29.8. The quantitative estimate of drug-likeness (QED) is 0.114. The Morgan fingerprint density at radius 1 is 0.892 bits per heavy atom. The summed E-state index contributed by atoms with van der Waals surface area (Å²) in [5, 5.41) is 22.2. The van der Waals surface area contributed by atoms with Gasteiger partial charge in [-0.3, -0.25) is 25.2 Å². The lowest BCUT2D eigenvalue weighted by molar-refractivity contribution is -0.394. The molecule has 1 heterocycles. The molecule has 0 aliphatic rings. The summed E-state index contributed by atoms with van der Waals surface area (Å²) in [7, 11) is 0. The fourth-order valence-electron chi connectivity index (χ4n) is 3.46. The molecule has 1 aromatic heterocycles. The van der Waals surface area contributed by atoms with Gasteiger partial charge in [0.25, 0.3) is 5.69 Å². The molecule has 10 nitrogen and oxygen atoms in total. The van der Waals surface area contributed by atoms with Gasteiger partial charge in [0.2, 0.25) is 11.6 Å². The predicted molar refractivity (Wildman–Crippen MR) is 141 cm³/mol. The lowest BCUT2D eigenvalue weighted by Crippen LogP contribution is -1.96. The van der Waals surface area contributed by atoms with Gasteiger partial charge in [-0.2, -0.15) is 0 Å². The molecule has 0 unspecified atom stereocenters. The molecule has 0 amide bonds. The Hall–Kier alpha value is -4.90. The number of nitrogens with zero attached hydrogens (tertiary/aromatic N) is 4. The van der Waals surface area contributed by atoms with E-state index in [1.807, 2.05) is 42.5 Å². The van der Waals surface area contributed by atoms with E-state index in [4.69, 9.17) is 9.15 Å². The highest BCUT2D eigenvalue weighted by atomic mass is 79.9. The number of hydrogen-bond donors (Lipinski definition) is 0. The molecule has 0 saturated heterocycles. The first kappa shape index (κ1) is 23.8. The van der Waals surface area contributed by atoms with Crippen LogP contribution in [0.2, 0.25) is 0 Å². The van der Waals surface area contributed by atoms with Gasteiger partial charge in [0.1, 0.15) is 11.3 Å². The van der Waals surface area contributed by atoms with Crippen molar-refractivity contribution in [3.05, 3.63) is 115 Å². The van der Waals surface area contributed by atoms with Gasteiger partial charge in [-0.25, -0.2) is 4.98 Å². The summed E-state index contributed by atoms with van der Waals surface area (Å²) in [5.41, 5.74) is 2.77. The fourth-order valence-corrected chi connectivity index (χ4v) is 3.72. The fraction of sp³-hybridized carbons (Fsp3) is 0. The van der Waals surface area contributed by atoms with Crippen molar-refractivity contribution in [2.24, 2.45) is 4.99 Å². The smallest absolute Gasteiger partial charge is 0.318 e. The van der Waals surface area contributed by atoms with E-state index in [2.05, 4.69) is 25.9 Å². The third-order valence-corrected chi connectivity index (χ3v) is 5.81. The van der Waals surface area contributed by atoms with Gasteiger partial charge in [-0.15, -0.1) is 0 Å². The maximum atomic E-state index is 11.3. The second kappa shape index (κ2) is 9.99. The first-order valence-corrected chi connectivity index (χ1v) is 11.6. The molecule has 4 aromatic carbocycles. The Kier molecular flexibility index (Phi) is 6.43. The summed E-state index contributed by atoms with van der Waals surface area (Å²) in [6.45, 7) is 0. The van der Waals surface area contributed by atoms with Crippen molar-refractivity contribution in [1.82, 2.24) is 4.98 Å². The number of aromatic nitrogens is 1. The van der Waals surface area contributed by atoms with Crippen LogP contribution in [0.25, 0.3) is 22.6 Å².